The first kappa shape index (κ1) is 18.2. The van der Waals surface area contributed by atoms with Gasteiger partial charge in [-0.1, -0.05) is 18.2 Å². The molecule has 2 aromatic rings. The van der Waals surface area contributed by atoms with Gasteiger partial charge >= 0.3 is 0 Å². The summed E-state index contributed by atoms with van der Waals surface area (Å²) in [5, 5.41) is 13.3. The smallest absolute Gasteiger partial charge is 0.277 e. The largest absolute Gasteiger partial charge is 0.341 e. The van der Waals surface area contributed by atoms with Crippen molar-refractivity contribution in [3.05, 3.63) is 51.5 Å². The molecule has 0 atom stereocenters. The number of benzene rings is 1. The van der Waals surface area contributed by atoms with E-state index in [1.54, 1.807) is 30.1 Å². The van der Waals surface area contributed by atoms with Crippen molar-refractivity contribution < 1.29 is 18.2 Å². The molecule has 26 heavy (non-hydrogen) atoms. The number of sulfone groups is 1. The van der Waals surface area contributed by atoms with E-state index < -0.39 is 14.9 Å². The van der Waals surface area contributed by atoms with Crippen LogP contribution in [0.3, 0.4) is 0 Å². The van der Waals surface area contributed by atoms with Gasteiger partial charge in [-0.3, -0.25) is 0 Å². The summed E-state index contributed by atoms with van der Waals surface area (Å²) in [6.07, 6.45) is 1.44. The molecule has 0 N–H and O–H groups in total. The maximum atomic E-state index is 12.6. The van der Waals surface area contributed by atoms with Gasteiger partial charge in [-0.05, 0) is 12.1 Å². The number of hydrogen-bond acceptors (Lipinski definition) is 7. The van der Waals surface area contributed by atoms with Crippen LogP contribution < -0.4 is 0 Å². The Hall–Kier alpha value is -2.57. The summed E-state index contributed by atoms with van der Waals surface area (Å²) in [6, 6.07) is 8.03. The fourth-order valence-electron chi connectivity index (χ4n) is 2.35. The van der Waals surface area contributed by atoms with Crippen molar-refractivity contribution in [2.45, 2.75) is 15.8 Å². The maximum Gasteiger partial charge on any atom is 0.277 e. The molecule has 1 aliphatic heterocycles. The number of hydrazone groups is 1. The van der Waals surface area contributed by atoms with Crippen molar-refractivity contribution in [1.29, 1.82) is 0 Å². The van der Waals surface area contributed by atoms with E-state index in [0.29, 0.717) is 4.88 Å². The van der Waals surface area contributed by atoms with Crippen LogP contribution in [-0.2, 0) is 21.1 Å². The fraction of sp³-hybridized carbons (Fsp3) is 0.286. The van der Waals surface area contributed by atoms with Crippen molar-refractivity contribution in [3.63, 3.8) is 0 Å². The van der Waals surface area contributed by atoms with Gasteiger partial charge < -0.3 is 14.5 Å². The molecule has 1 fully saturated rings. The Bertz CT molecular complexity index is 928. The molecule has 0 radical (unpaired) electrons. The van der Waals surface area contributed by atoms with E-state index in [-0.39, 0.29) is 35.2 Å². The predicted molar refractivity (Wildman–Crippen MR) is 92.6 cm³/mol. The number of guanidine groups is 1. The van der Waals surface area contributed by atoms with Gasteiger partial charge in [0.15, 0.2) is 5.03 Å². The summed E-state index contributed by atoms with van der Waals surface area (Å²) in [5.74, 6) is 0.141. The van der Waals surface area contributed by atoms with Crippen LogP contribution in [0.5, 0.6) is 0 Å². The van der Waals surface area contributed by atoms with Gasteiger partial charge in [0.05, 0.1) is 11.4 Å². The molecule has 0 bridgehead atoms. The second-order valence-electron chi connectivity index (χ2n) is 5.41. The number of hydrogen-bond donors (Lipinski definition) is 0. The van der Waals surface area contributed by atoms with Crippen molar-refractivity contribution in [3.8, 4) is 0 Å². The molecule has 138 valence electrons. The van der Waals surface area contributed by atoms with Crippen LogP contribution in [0.2, 0.25) is 0 Å². The van der Waals surface area contributed by atoms with Crippen molar-refractivity contribution in [1.82, 2.24) is 14.8 Å². The van der Waals surface area contributed by atoms with Crippen LogP contribution >= 0.6 is 11.3 Å². The summed E-state index contributed by atoms with van der Waals surface area (Å²) in [5.41, 5.74) is 0. The Kier molecular flexibility index (Phi) is 5.15. The zero-order valence-electron chi connectivity index (χ0n) is 13.7. The lowest BCUT2D eigenvalue weighted by molar-refractivity contribution is -0.486. The number of aromatic nitrogens is 1. The molecule has 0 aliphatic carbocycles. The lowest BCUT2D eigenvalue weighted by Crippen LogP contribution is -2.49. The normalized spacial score (nSPS) is 16.9. The Morgan fingerprint density at radius 3 is 2.77 bits per heavy atom. The number of thiazole rings is 1. The Morgan fingerprint density at radius 1 is 1.35 bits per heavy atom. The number of nitrogens with zero attached hydrogens (tertiary/aromatic N) is 5. The zero-order valence-corrected chi connectivity index (χ0v) is 15.3. The van der Waals surface area contributed by atoms with Gasteiger partial charge in [-0.15, -0.1) is 11.3 Å². The van der Waals surface area contributed by atoms with Gasteiger partial charge in [-0.2, -0.15) is 0 Å². The first-order chi connectivity index (χ1) is 12.4. The molecule has 2 heterocycles. The third-order valence-corrected chi connectivity index (χ3v) is 6.63. The van der Waals surface area contributed by atoms with E-state index in [1.807, 2.05) is 0 Å². The first-order valence-corrected chi connectivity index (χ1v) is 9.69. The molecule has 0 unspecified atom stereocenters. The van der Waals surface area contributed by atoms with E-state index in [0.717, 1.165) is 11.3 Å². The second kappa shape index (κ2) is 7.35. The van der Waals surface area contributed by atoms with Crippen LogP contribution in [0.15, 0.2) is 50.9 Å². The zero-order chi connectivity index (χ0) is 18.7. The molecule has 10 nitrogen and oxygen atoms in total. The SMILES string of the molecule is CN1COCN(Cc2cnc(S(=O)(=O)c3ccccc3)s2)/C1=N\[N+](=O)[O-]. The van der Waals surface area contributed by atoms with Crippen LogP contribution in [0.25, 0.3) is 0 Å². The highest BCUT2D eigenvalue weighted by atomic mass is 32.2. The van der Waals surface area contributed by atoms with Gasteiger partial charge in [0.1, 0.15) is 18.6 Å². The molecular formula is C14H15N5O5S2. The average molecular weight is 397 g/mol. The van der Waals surface area contributed by atoms with Crippen LogP contribution in [0, 0.1) is 10.1 Å². The number of nitro groups is 1. The van der Waals surface area contributed by atoms with E-state index in [9.17, 15) is 18.5 Å². The highest BCUT2D eigenvalue weighted by Crippen LogP contribution is 2.26. The van der Waals surface area contributed by atoms with Crippen molar-refractivity contribution >= 4 is 27.1 Å². The summed E-state index contributed by atoms with van der Waals surface area (Å²) in [7, 11) is -2.08. The molecule has 1 aromatic carbocycles. The highest BCUT2D eigenvalue weighted by molar-refractivity contribution is 7.93. The molecule has 1 aromatic heterocycles. The maximum absolute atomic E-state index is 12.6. The quantitative estimate of drug-likeness (QED) is 0.545. The third-order valence-electron chi connectivity index (χ3n) is 3.49. The Balaban J connectivity index is 1.83. The first-order valence-electron chi connectivity index (χ1n) is 7.39. The minimum Gasteiger partial charge on any atom is -0.341 e. The Morgan fingerprint density at radius 2 is 2.08 bits per heavy atom. The van der Waals surface area contributed by atoms with Crippen LogP contribution in [-0.4, -0.2) is 54.7 Å². The summed E-state index contributed by atoms with van der Waals surface area (Å²) in [6.45, 7) is 0.480. The molecule has 3 rings (SSSR count). The molecule has 1 aliphatic rings. The summed E-state index contributed by atoms with van der Waals surface area (Å²) >= 11 is 1.01. The van der Waals surface area contributed by atoms with Crippen LogP contribution in [0.4, 0.5) is 0 Å². The molecule has 0 spiro atoms. The van der Waals surface area contributed by atoms with Gasteiger partial charge in [-0.25, -0.2) is 23.5 Å². The number of rotatable bonds is 5. The topological polar surface area (TPSA) is 118 Å². The third kappa shape index (κ3) is 3.81. The van der Waals surface area contributed by atoms with E-state index in [1.165, 1.54) is 23.2 Å². The molecule has 0 saturated carbocycles. The minimum absolute atomic E-state index is 0.0299. The Labute approximate surface area is 153 Å². The molecule has 12 heteroatoms. The van der Waals surface area contributed by atoms with Crippen molar-refractivity contribution in [2.24, 2.45) is 5.10 Å². The molecule has 1 saturated heterocycles. The van der Waals surface area contributed by atoms with Crippen LogP contribution in [0.1, 0.15) is 4.88 Å². The van der Waals surface area contributed by atoms with E-state index in [2.05, 4.69) is 10.1 Å². The lowest BCUT2D eigenvalue weighted by atomic mass is 10.4. The standard InChI is InChI=1S/C14H15N5O5S2/c1-17-9-24-10-18(13(17)16-19(20)21)8-11-7-15-14(25-11)26(22,23)12-5-3-2-4-6-12/h2-7H,8-10H2,1H3/b16-13-. The molecular weight excluding hydrogens is 382 g/mol. The summed E-state index contributed by atoms with van der Waals surface area (Å²) < 4.78 is 30.5. The van der Waals surface area contributed by atoms with Gasteiger partial charge in [0.25, 0.3) is 5.96 Å². The minimum atomic E-state index is -3.69. The highest BCUT2D eigenvalue weighted by Gasteiger charge is 2.27. The fourth-order valence-corrected chi connectivity index (χ4v) is 4.96. The van der Waals surface area contributed by atoms with Gasteiger partial charge in [0.2, 0.25) is 14.2 Å². The average Bonchev–Trinajstić information content (AvgIpc) is 3.08. The molecule has 0 amide bonds. The monoisotopic (exact) mass is 397 g/mol. The van der Waals surface area contributed by atoms with Crippen molar-refractivity contribution in [2.75, 3.05) is 20.5 Å². The predicted octanol–water partition coefficient (Wildman–Crippen LogP) is 1.20. The number of ether oxygens (including phenoxy) is 1. The summed E-state index contributed by atoms with van der Waals surface area (Å²) in [4.78, 5) is 18.6. The second-order valence-corrected chi connectivity index (χ2v) is 8.64. The van der Waals surface area contributed by atoms with E-state index >= 15 is 0 Å². The van der Waals surface area contributed by atoms with Gasteiger partial charge in [0, 0.05) is 18.1 Å². The van der Waals surface area contributed by atoms with E-state index in [4.69, 9.17) is 4.74 Å². The lowest BCUT2D eigenvalue weighted by Gasteiger charge is -2.34.